The summed E-state index contributed by atoms with van der Waals surface area (Å²) in [5.74, 6) is -0.383. The normalized spacial score (nSPS) is 12.1. The van der Waals surface area contributed by atoms with Crippen LogP contribution in [-0.4, -0.2) is 22.6 Å². The quantitative estimate of drug-likeness (QED) is 0.784. The molecule has 1 unspecified atom stereocenters. The van der Waals surface area contributed by atoms with Gasteiger partial charge in [-0.15, -0.1) is 0 Å². The molecule has 0 saturated carbocycles. The fourth-order valence-electron chi connectivity index (χ4n) is 1.22. The number of nitrogens with zero attached hydrogens (tertiary/aromatic N) is 3. The van der Waals surface area contributed by atoms with Gasteiger partial charge in [0.15, 0.2) is 6.33 Å². The van der Waals surface area contributed by atoms with Gasteiger partial charge in [0.2, 0.25) is 11.8 Å². The number of rotatable bonds is 5. The summed E-state index contributed by atoms with van der Waals surface area (Å²) in [5, 5.41) is 14.9. The Morgan fingerprint density at radius 1 is 1.69 bits per heavy atom. The summed E-state index contributed by atoms with van der Waals surface area (Å²) in [4.78, 5) is 15.4. The van der Waals surface area contributed by atoms with Gasteiger partial charge in [0.25, 0.3) is 0 Å². The zero-order valence-corrected chi connectivity index (χ0v) is 9.30. The minimum Gasteiger partial charge on any atom is -0.354 e. The third kappa shape index (κ3) is 3.35. The van der Waals surface area contributed by atoms with Crippen LogP contribution in [-0.2, 0) is 11.2 Å². The zero-order chi connectivity index (χ0) is 12.0. The lowest BCUT2D eigenvalue weighted by Crippen LogP contribution is -2.34. The van der Waals surface area contributed by atoms with Crippen LogP contribution in [0.4, 0.5) is 0 Å². The van der Waals surface area contributed by atoms with Gasteiger partial charge in [0.1, 0.15) is 5.92 Å². The molecule has 86 valence electrons. The first-order chi connectivity index (χ1) is 7.65. The number of aromatic nitrogens is 2. The molecule has 0 aromatic carbocycles. The Hall–Kier alpha value is -1.90. The predicted octanol–water partition coefficient (Wildman–Crippen LogP) is 0.524. The summed E-state index contributed by atoms with van der Waals surface area (Å²) in [6.07, 6.45) is 1.78. The van der Waals surface area contributed by atoms with Crippen molar-refractivity contribution < 1.29 is 9.32 Å². The maximum atomic E-state index is 11.5. The number of hydrogen-bond acceptors (Lipinski definition) is 5. The van der Waals surface area contributed by atoms with E-state index in [-0.39, 0.29) is 11.8 Å². The lowest BCUT2D eigenvalue weighted by Gasteiger charge is -2.12. The minimum absolute atomic E-state index is 0.00778. The molecule has 1 aromatic heterocycles. The second-order valence-electron chi connectivity index (χ2n) is 3.73. The van der Waals surface area contributed by atoms with E-state index in [2.05, 4.69) is 15.5 Å². The first kappa shape index (κ1) is 12.2. The Kier molecular flexibility index (Phi) is 4.45. The molecule has 0 radical (unpaired) electrons. The molecule has 1 amide bonds. The van der Waals surface area contributed by atoms with Crippen LogP contribution >= 0.6 is 0 Å². The minimum atomic E-state index is -0.609. The SMILES string of the molecule is CC(C)C(C#N)C(=O)NCCc1ncno1. The largest absolute Gasteiger partial charge is 0.354 e. The van der Waals surface area contributed by atoms with E-state index in [9.17, 15) is 4.79 Å². The van der Waals surface area contributed by atoms with Crippen molar-refractivity contribution in [2.45, 2.75) is 20.3 Å². The number of nitrogens with one attached hydrogen (secondary N) is 1. The molecule has 0 spiro atoms. The number of amides is 1. The average Bonchev–Trinajstić information content (AvgIpc) is 2.71. The summed E-state index contributed by atoms with van der Waals surface area (Å²) < 4.78 is 4.77. The Morgan fingerprint density at radius 2 is 2.44 bits per heavy atom. The van der Waals surface area contributed by atoms with Crippen LogP contribution in [0.2, 0.25) is 0 Å². The highest BCUT2D eigenvalue weighted by molar-refractivity contribution is 5.81. The molecule has 1 rings (SSSR count). The molecule has 0 aliphatic carbocycles. The molecule has 0 saturated heterocycles. The fourth-order valence-corrected chi connectivity index (χ4v) is 1.22. The van der Waals surface area contributed by atoms with Gasteiger partial charge in [-0.1, -0.05) is 19.0 Å². The summed E-state index contributed by atoms with van der Waals surface area (Å²) in [7, 11) is 0. The summed E-state index contributed by atoms with van der Waals surface area (Å²) in [6.45, 7) is 4.07. The molecular formula is C10H14N4O2. The van der Waals surface area contributed by atoms with Gasteiger partial charge in [-0.2, -0.15) is 10.2 Å². The monoisotopic (exact) mass is 222 g/mol. The Balaban J connectivity index is 2.33. The van der Waals surface area contributed by atoms with Gasteiger partial charge < -0.3 is 9.84 Å². The molecule has 6 heteroatoms. The van der Waals surface area contributed by atoms with Crippen LogP contribution in [0.3, 0.4) is 0 Å². The molecule has 16 heavy (non-hydrogen) atoms. The van der Waals surface area contributed by atoms with E-state index < -0.39 is 5.92 Å². The van der Waals surface area contributed by atoms with Crippen LogP contribution in [0.25, 0.3) is 0 Å². The van der Waals surface area contributed by atoms with E-state index >= 15 is 0 Å². The van der Waals surface area contributed by atoms with Crippen molar-refractivity contribution in [3.63, 3.8) is 0 Å². The number of nitriles is 1. The van der Waals surface area contributed by atoms with Crippen molar-refractivity contribution in [3.8, 4) is 6.07 Å². The van der Waals surface area contributed by atoms with Crippen LogP contribution in [0.15, 0.2) is 10.9 Å². The van der Waals surface area contributed by atoms with Gasteiger partial charge in [-0.3, -0.25) is 4.79 Å². The molecule has 0 fully saturated rings. The van der Waals surface area contributed by atoms with E-state index in [0.29, 0.717) is 18.9 Å². The van der Waals surface area contributed by atoms with E-state index in [4.69, 9.17) is 9.78 Å². The first-order valence-electron chi connectivity index (χ1n) is 5.08. The third-order valence-corrected chi connectivity index (χ3v) is 2.13. The summed E-state index contributed by atoms with van der Waals surface area (Å²) >= 11 is 0. The number of carbonyl (C=O) groups is 1. The third-order valence-electron chi connectivity index (χ3n) is 2.13. The van der Waals surface area contributed by atoms with Gasteiger partial charge >= 0.3 is 0 Å². The summed E-state index contributed by atoms with van der Waals surface area (Å²) in [6, 6.07) is 1.98. The van der Waals surface area contributed by atoms with Gasteiger partial charge in [0.05, 0.1) is 6.07 Å². The van der Waals surface area contributed by atoms with Crippen molar-refractivity contribution in [1.29, 1.82) is 5.26 Å². The second-order valence-corrected chi connectivity index (χ2v) is 3.73. The van der Waals surface area contributed by atoms with Crippen molar-refractivity contribution in [2.75, 3.05) is 6.54 Å². The number of hydrogen-bond donors (Lipinski definition) is 1. The van der Waals surface area contributed by atoms with Crippen molar-refractivity contribution in [1.82, 2.24) is 15.5 Å². The van der Waals surface area contributed by atoms with E-state index in [1.54, 1.807) is 0 Å². The van der Waals surface area contributed by atoms with Crippen molar-refractivity contribution in [3.05, 3.63) is 12.2 Å². The summed E-state index contributed by atoms with van der Waals surface area (Å²) in [5.41, 5.74) is 0. The highest BCUT2D eigenvalue weighted by Crippen LogP contribution is 2.09. The Bertz CT molecular complexity index is 367. The first-order valence-corrected chi connectivity index (χ1v) is 5.08. The molecule has 1 atom stereocenters. The molecule has 0 aliphatic heterocycles. The van der Waals surface area contributed by atoms with Crippen LogP contribution in [0.1, 0.15) is 19.7 Å². The standard InChI is InChI=1S/C10H14N4O2/c1-7(2)8(5-11)10(15)12-4-3-9-13-6-14-16-9/h6-8H,3-4H2,1-2H3,(H,12,15). The molecule has 0 bridgehead atoms. The second kappa shape index (κ2) is 5.85. The van der Waals surface area contributed by atoms with Crippen molar-refractivity contribution in [2.24, 2.45) is 11.8 Å². The fraction of sp³-hybridized carbons (Fsp3) is 0.600. The van der Waals surface area contributed by atoms with E-state index in [1.807, 2.05) is 19.9 Å². The lowest BCUT2D eigenvalue weighted by atomic mass is 9.97. The average molecular weight is 222 g/mol. The van der Waals surface area contributed by atoms with Gasteiger partial charge in [-0.25, -0.2) is 0 Å². The highest BCUT2D eigenvalue weighted by atomic mass is 16.5. The topological polar surface area (TPSA) is 91.8 Å². The smallest absolute Gasteiger partial charge is 0.237 e. The molecular weight excluding hydrogens is 208 g/mol. The Morgan fingerprint density at radius 3 is 2.94 bits per heavy atom. The van der Waals surface area contributed by atoms with Gasteiger partial charge in [-0.05, 0) is 5.92 Å². The molecule has 1 N–H and O–H groups in total. The van der Waals surface area contributed by atoms with E-state index in [1.165, 1.54) is 6.33 Å². The van der Waals surface area contributed by atoms with E-state index in [0.717, 1.165) is 0 Å². The lowest BCUT2D eigenvalue weighted by molar-refractivity contribution is -0.124. The maximum absolute atomic E-state index is 11.5. The zero-order valence-electron chi connectivity index (χ0n) is 9.30. The van der Waals surface area contributed by atoms with Crippen LogP contribution in [0, 0.1) is 23.2 Å². The molecule has 6 nitrogen and oxygen atoms in total. The molecule has 1 aromatic rings. The highest BCUT2D eigenvalue weighted by Gasteiger charge is 2.20. The molecule has 1 heterocycles. The van der Waals surface area contributed by atoms with Crippen LogP contribution in [0.5, 0.6) is 0 Å². The van der Waals surface area contributed by atoms with Crippen LogP contribution < -0.4 is 5.32 Å². The number of carbonyl (C=O) groups excluding carboxylic acids is 1. The predicted molar refractivity (Wildman–Crippen MR) is 55.0 cm³/mol. The maximum Gasteiger partial charge on any atom is 0.237 e. The molecule has 0 aliphatic rings. The van der Waals surface area contributed by atoms with Gasteiger partial charge in [0, 0.05) is 13.0 Å². The van der Waals surface area contributed by atoms with Crippen molar-refractivity contribution >= 4 is 5.91 Å². The Labute approximate surface area is 93.6 Å².